The number of pyridine rings is 1. The fourth-order valence-corrected chi connectivity index (χ4v) is 3.45. The topological polar surface area (TPSA) is 71.1 Å². The molecule has 2 aromatic heterocycles. The van der Waals surface area contributed by atoms with Gasteiger partial charge in [-0.3, -0.25) is 5.10 Å². The molecule has 1 saturated heterocycles. The normalized spacial score (nSPS) is 18.4. The Morgan fingerprint density at radius 3 is 2.96 bits per heavy atom. The lowest BCUT2D eigenvalue weighted by atomic mass is 9.94. The van der Waals surface area contributed by atoms with Crippen molar-refractivity contribution < 1.29 is 9.63 Å². The van der Waals surface area contributed by atoms with Gasteiger partial charge in [-0.05, 0) is 31.0 Å². The average molecular weight is 357 g/mol. The fraction of sp³-hybridized carbons (Fsp3) is 0.278. The number of aromatic amines is 1. The molecule has 1 aliphatic rings. The Morgan fingerprint density at radius 1 is 1.28 bits per heavy atom. The van der Waals surface area contributed by atoms with Crippen molar-refractivity contribution >= 4 is 28.5 Å². The molecule has 25 heavy (non-hydrogen) atoms. The molecular weight excluding hydrogens is 340 g/mol. The van der Waals surface area contributed by atoms with Gasteiger partial charge in [0.05, 0.1) is 5.56 Å². The number of nitrogens with one attached hydrogen (secondary N) is 1. The van der Waals surface area contributed by atoms with Crippen molar-refractivity contribution in [3.05, 3.63) is 59.0 Å². The van der Waals surface area contributed by atoms with Crippen molar-refractivity contribution in [2.45, 2.75) is 18.8 Å². The summed E-state index contributed by atoms with van der Waals surface area (Å²) < 4.78 is 0. The molecule has 0 aliphatic carbocycles. The van der Waals surface area contributed by atoms with Crippen molar-refractivity contribution in [2.24, 2.45) is 0 Å². The summed E-state index contributed by atoms with van der Waals surface area (Å²) in [6.07, 6.45) is 3.61. The summed E-state index contributed by atoms with van der Waals surface area (Å²) in [7, 11) is 0. The Morgan fingerprint density at radius 2 is 2.12 bits per heavy atom. The third kappa shape index (κ3) is 3.23. The molecule has 1 N–H and O–H groups in total. The van der Waals surface area contributed by atoms with Crippen molar-refractivity contribution in [3.63, 3.8) is 0 Å². The summed E-state index contributed by atoms with van der Waals surface area (Å²) in [6, 6.07) is 10.9. The van der Waals surface area contributed by atoms with Gasteiger partial charge in [-0.1, -0.05) is 29.8 Å². The Hall–Kier alpha value is -2.44. The molecule has 0 radical (unpaired) electrons. The molecule has 1 fully saturated rings. The van der Waals surface area contributed by atoms with Gasteiger partial charge in [-0.15, -0.1) is 5.06 Å². The van der Waals surface area contributed by atoms with Crippen molar-refractivity contribution in [2.75, 3.05) is 13.1 Å². The molecule has 7 heteroatoms. The van der Waals surface area contributed by atoms with Gasteiger partial charge >= 0.3 is 5.97 Å². The number of carbonyl (C=O) groups excluding carboxylic acids is 1. The van der Waals surface area contributed by atoms with E-state index in [-0.39, 0.29) is 11.9 Å². The molecule has 128 valence electrons. The lowest BCUT2D eigenvalue weighted by molar-refractivity contribution is -0.123. The van der Waals surface area contributed by atoms with E-state index >= 15 is 0 Å². The third-order valence-electron chi connectivity index (χ3n) is 4.47. The summed E-state index contributed by atoms with van der Waals surface area (Å²) in [6.45, 7) is 1.35. The Labute approximate surface area is 149 Å². The van der Waals surface area contributed by atoms with E-state index in [4.69, 9.17) is 16.4 Å². The maximum atomic E-state index is 12.3. The zero-order valence-corrected chi connectivity index (χ0v) is 14.2. The number of fused-ring (bicyclic) bond motifs is 1. The lowest BCUT2D eigenvalue weighted by Crippen LogP contribution is -2.36. The third-order valence-corrected chi connectivity index (χ3v) is 4.75. The number of nitrogens with zero attached hydrogens (tertiary/aromatic N) is 3. The summed E-state index contributed by atoms with van der Waals surface area (Å²) in [5.41, 5.74) is 2.24. The van der Waals surface area contributed by atoms with E-state index in [0.717, 1.165) is 30.5 Å². The predicted molar refractivity (Wildman–Crippen MR) is 94.3 cm³/mol. The first kappa shape index (κ1) is 16.1. The molecule has 6 nitrogen and oxygen atoms in total. The highest BCUT2D eigenvalue weighted by Crippen LogP contribution is 2.32. The number of carbonyl (C=O) groups is 1. The van der Waals surface area contributed by atoms with E-state index in [1.54, 1.807) is 23.4 Å². The lowest BCUT2D eigenvalue weighted by Gasteiger charge is -2.30. The first-order valence-electron chi connectivity index (χ1n) is 8.23. The maximum absolute atomic E-state index is 12.3. The second kappa shape index (κ2) is 6.82. The molecule has 1 aromatic carbocycles. The van der Waals surface area contributed by atoms with E-state index in [2.05, 4.69) is 15.2 Å². The monoisotopic (exact) mass is 356 g/mol. The second-order valence-electron chi connectivity index (χ2n) is 6.11. The van der Waals surface area contributed by atoms with Crippen LogP contribution in [0.15, 0.2) is 42.6 Å². The summed E-state index contributed by atoms with van der Waals surface area (Å²) in [5.74, 6) is -0.135. The van der Waals surface area contributed by atoms with Crippen LogP contribution in [0.3, 0.4) is 0 Å². The molecule has 0 amide bonds. The molecular formula is C18H17ClN4O2. The average Bonchev–Trinajstić information content (AvgIpc) is 3.08. The Kier molecular flexibility index (Phi) is 4.38. The van der Waals surface area contributed by atoms with Gasteiger partial charge in [0.15, 0.2) is 5.15 Å². The molecule has 1 aliphatic heterocycles. The highest BCUT2D eigenvalue weighted by molar-refractivity contribution is 6.33. The van der Waals surface area contributed by atoms with Gasteiger partial charge in [0, 0.05) is 36.3 Å². The highest BCUT2D eigenvalue weighted by atomic mass is 35.5. The Balaban J connectivity index is 1.51. The van der Waals surface area contributed by atoms with Crippen LogP contribution in [0.2, 0.25) is 5.15 Å². The zero-order valence-electron chi connectivity index (χ0n) is 13.5. The van der Waals surface area contributed by atoms with Crippen LogP contribution in [-0.4, -0.2) is 39.3 Å². The van der Waals surface area contributed by atoms with E-state index < -0.39 is 0 Å². The van der Waals surface area contributed by atoms with E-state index in [9.17, 15) is 4.79 Å². The van der Waals surface area contributed by atoms with Crippen LogP contribution >= 0.6 is 11.6 Å². The van der Waals surface area contributed by atoms with Crippen molar-refractivity contribution in [3.8, 4) is 0 Å². The maximum Gasteiger partial charge on any atom is 0.357 e. The van der Waals surface area contributed by atoms with Crippen LogP contribution in [0.1, 0.15) is 34.8 Å². The smallest absolute Gasteiger partial charge is 0.357 e. The summed E-state index contributed by atoms with van der Waals surface area (Å²) in [4.78, 5) is 21.9. The van der Waals surface area contributed by atoms with E-state index in [0.29, 0.717) is 22.8 Å². The minimum Gasteiger partial charge on any atom is -0.364 e. The second-order valence-corrected chi connectivity index (χ2v) is 6.47. The van der Waals surface area contributed by atoms with Crippen LogP contribution in [-0.2, 0) is 4.84 Å². The fourth-order valence-electron chi connectivity index (χ4n) is 3.24. The molecule has 0 saturated carbocycles. The first-order chi connectivity index (χ1) is 12.2. The number of hydrogen-bond acceptors (Lipinski definition) is 5. The number of hydroxylamine groups is 2. The molecule has 0 spiro atoms. The van der Waals surface area contributed by atoms with Gasteiger partial charge in [-0.25, -0.2) is 9.78 Å². The van der Waals surface area contributed by atoms with Crippen molar-refractivity contribution in [1.82, 2.24) is 20.2 Å². The Bertz CT molecular complexity index is 896. The largest absolute Gasteiger partial charge is 0.364 e. The molecule has 4 rings (SSSR count). The van der Waals surface area contributed by atoms with E-state index in [1.807, 2.05) is 24.3 Å². The van der Waals surface area contributed by atoms with Crippen LogP contribution in [0.4, 0.5) is 0 Å². The number of aromatic nitrogens is 3. The SMILES string of the molecule is O=C(ON1CCC[C@@H](c2[nH]nc3c(Cl)nccc23)C1)c1ccccc1. The van der Waals surface area contributed by atoms with Crippen LogP contribution < -0.4 is 0 Å². The van der Waals surface area contributed by atoms with Gasteiger partial charge in [0.1, 0.15) is 5.52 Å². The summed E-state index contributed by atoms with van der Waals surface area (Å²) >= 11 is 6.10. The number of halogens is 1. The molecule has 0 unspecified atom stereocenters. The predicted octanol–water partition coefficient (Wildman–Crippen LogP) is 3.56. The molecule has 1 atom stereocenters. The highest BCUT2D eigenvalue weighted by Gasteiger charge is 2.27. The van der Waals surface area contributed by atoms with Gasteiger partial charge in [0.2, 0.25) is 0 Å². The summed E-state index contributed by atoms with van der Waals surface area (Å²) in [5, 5.41) is 10.5. The van der Waals surface area contributed by atoms with E-state index in [1.165, 1.54) is 0 Å². The van der Waals surface area contributed by atoms with Crippen LogP contribution in [0.5, 0.6) is 0 Å². The van der Waals surface area contributed by atoms with Gasteiger partial charge < -0.3 is 4.84 Å². The number of H-pyrrole nitrogens is 1. The zero-order chi connectivity index (χ0) is 17.2. The molecule has 3 aromatic rings. The standard InChI is InChI=1S/C18H17ClN4O2/c19-17-16-14(8-9-20-17)15(21-22-16)13-7-4-10-23(11-13)25-18(24)12-5-2-1-3-6-12/h1-3,5-6,8-9,13H,4,7,10-11H2,(H,21,22)/t13-/m1/s1. The number of hydrogen-bond donors (Lipinski definition) is 1. The molecule has 3 heterocycles. The van der Waals surface area contributed by atoms with Crippen LogP contribution in [0, 0.1) is 0 Å². The molecule has 0 bridgehead atoms. The first-order valence-corrected chi connectivity index (χ1v) is 8.61. The number of benzene rings is 1. The van der Waals surface area contributed by atoms with Gasteiger partial charge in [-0.2, -0.15) is 5.10 Å². The number of rotatable bonds is 3. The van der Waals surface area contributed by atoms with Crippen molar-refractivity contribution in [1.29, 1.82) is 0 Å². The van der Waals surface area contributed by atoms with Gasteiger partial charge in [0.25, 0.3) is 0 Å². The number of piperidine rings is 1. The minimum atomic E-state index is -0.331. The minimum absolute atomic E-state index is 0.195. The quantitative estimate of drug-likeness (QED) is 0.726. The van der Waals surface area contributed by atoms with Crippen LogP contribution in [0.25, 0.3) is 10.9 Å².